The minimum absolute atomic E-state index is 0.0472. The maximum absolute atomic E-state index is 14.0. The molecule has 1 aliphatic carbocycles. The number of anilines is 1. The zero-order valence-electron chi connectivity index (χ0n) is 26.8. The number of alkyl halides is 3. The molecule has 236 valence electrons. The Bertz CT molecular complexity index is 1430. The van der Waals surface area contributed by atoms with Crippen LogP contribution in [0.2, 0.25) is 0 Å². The smallest absolute Gasteiger partial charge is 0.398 e. The van der Waals surface area contributed by atoms with Gasteiger partial charge in [-0.25, -0.2) is 0 Å². The lowest BCUT2D eigenvalue weighted by Gasteiger charge is -2.23. The SMILES string of the molecule is C=Cc1c(N)cccc1/C(C#CC1C=C(NC(=O)c2ccc(CN(CCC)CCC)c(C(F)(F)F)c2)C=CC1C)=C\C.CC. The molecular weight excluding hydrogens is 559 g/mol. The number of benzene rings is 2. The number of nitrogens with zero attached hydrogens (tertiary/aromatic N) is 1. The number of nitrogen functional groups attached to an aromatic ring is 1. The Morgan fingerprint density at radius 2 is 1.82 bits per heavy atom. The lowest BCUT2D eigenvalue weighted by molar-refractivity contribution is -0.138. The quantitative estimate of drug-likeness (QED) is 0.210. The summed E-state index contributed by atoms with van der Waals surface area (Å²) >= 11 is 0. The second-order valence-electron chi connectivity index (χ2n) is 10.5. The van der Waals surface area contributed by atoms with E-state index in [1.54, 1.807) is 12.2 Å². The molecule has 0 radical (unpaired) electrons. The van der Waals surface area contributed by atoms with Gasteiger partial charge in [0.05, 0.1) is 5.56 Å². The molecule has 44 heavy (non-hydrogen) atoms. The molecule has 7 heteroatoms. The van der Waals surface area contributed by atoms with Crippen LogP contribution in [0, 0.1) is 23.7 Å². The van der Waals surface area contributed by atoms with E-state index < -0.39 is 17.6 Å². The van der Waals surface area contributed by atoms with Crippen molar-refractivity contribution in [2.75, 3.05) is 18.8 Å². The van der Waals surface area contributed by atoms with E-state index in [1.165, 1.54) is 12.1 Å². The maximum Gasteiger partial charge on any atom is 0.416 e. The summed E-state index contributed by atoms with van der Waals surface area (Å²) in [5.74, 6) is 5.78. The molecule has 0 aromatic heterocycles. The number of nitrogens with two attached hydrogens (primary N) is 1. The van der Waals surface area contributed by atoms with Crippen LogP contribution < -0.4 is 11.1 Å². The first-order valence-electron chi connectivity index (χ1n) is 15.3. The van der Waals surface area contributed by atoms with Crippen molar-refractivity contribution in [3.05, 3.63) is 101 Å². The standard InChI is InChI=1S/C35H40F3N3O.C2H6/c1-6-19-41(20-7-2)23-28-17-16-27(22-32(28)35(36,37)38)34(42)40-29-18-13-24(5)26(21-29)15-14-25(8-3)31-11-10-12-33(39)30(31)9-4;1-2/h8-13,16-18,21-22,24,26H,4,6-7,19-20,23,39H2,1-3,5H3,(H,40,42);1-2H3/b25-8-;. The first kappa shape index (κ1) is 36.2. The number of allylic oxidation sites excluding steroid dienone is 5. The lowest BCUT2D eigenvalue weighted by atomic mass is 9.88. The van der Waals surface area contributed by atoms with Crippen molar-refractivity contribution in [3.8, 4) is 11.8 Å². The van der Waals surface area contributed by atoms with E-state index in [0.717, 1.165) is 35.6 Å². The van der Waals surface area contributed by atoms with Crippen LogP contribution in [0.15, 0.2) is 73.0 Å². The minimum Gasteiger partial charge on any atom is -0.398 e. The number of carbonyl (C=O) groups excluding carboxylic acids is 1. The summed E-state index contributed by atoms with van der Waals surface area (Å²) in [7, 11) is 0. The molecule has 0 heterocycles. The predicted molar refractivity (Wildman–Crippen MR) is 178 cm³/mol. The average Bonchev–Trinajstić information content (AvgIpc) is 3.00. The van der Waals surface area contributed by atoms with E-state index in [1.807, 2.05) is 82.9 Å². The first-order valence-corrected chi connectivity index (χ1v) is 15.3. The highest BCUT2D eigenvalue weighted by Crippen LogP contribution is 2.34. The molecule has 0 aliphatic heterocycles. The Labute approximate surface area is 261 Å². The topological polar surface area (TPSA) is 58.4 Å². The third-order valence-electron chi connectivity index (χ3n) is 7.21. The molecule has 0 saturated heterocycles. The molecule has 0 fully saturated rings. The van der Waals surface area contributed by atoms with Crippen LogP contribution in [0.5, 0.6) is 0 Å². The first-order chi connectivity index (χ1) is 21.0. The number of amides is 1. The number of nitrogens with one attached hydrogen (secondary N) is 1. The third-order valence-corrected chi connectivity index (χ3v) is 7.21. The van der Waals surface area contributed by atoms with E-state index in [-0.39, 0.29) is 29.5 Å². The van der Waals surface area contributed by atoms with Gasteiger partial charge >= 0.3 is 6.18 Å². The van der Waals surface area contributed by atoms with E-state index in [2.05, 4.69) is 23.7 Å². The molecule has 2 atom stereocenters. The molecule has 0 spiro atoms. The molecule has 2 aromatic carbocycles. The Morgan fingerprint density at radius 3 is 2.41 bits per heavy atom. The number of rotatable bonds is 10. The number of hydrogen-bond donors (Lipinski definition) is 2. The van der Waals surface area contributed by atoms with Gasteiger partial charge in [0.25, 0.3) is 5.91 Å². The van der Waals surface area contributed by atoms with Crippen LogP contribution in [-0.4, -0.2) is 23.9 Å². The fraction of sp³-hybridized carbons (Fsp3) is 0.378. The molecule has 2 unspecified atom stereocenters. The summed E-state index contributed by atoms with van der Waals surface area (Å²) in [5, 5.41) is 2.77. The molecule has 4 nitrogen and oxygen atoms in total. The van der Waals surface area contributed by atoms with Gasteiger partial charge in [-0.3, -0.25) is 9.69 Å². The van der Waals surface area contributed by atoms with Crippen LogP contribution in [0.3, 0.4) is 0 Å². The second-order valence-corrected chi connectivity index (χ2v) is 10.5. The maximum atomic E-state index is 14.0. The minimum atomic E-state index is -4.57. The highest BCUT2D eigenvalue weighted by molar-refractivity contribution is 5.96. The van der Waals surface area contributed by atoms with Crippen LogP contribution in [0.4, 0.5) is 18.9 Å². The van der Waals surface area contributed by atoms with Crippen LogP contribution in [-0.2, 0) is 12.7 Å². The summed E-state index contributed by atoms with van der Waals surface area (Å²) in [6, 6.07) is 9.45. The molecule has 2 aromatic rings. The highest BCUT2D eigenvalue weighted by atomic mass is 19.4. The van der Waals surface area contributed by atoms with Crippen molar-refractivity contribution in [2.24, 2.45) is 11.8 Å². The zero-order valence-corrected chi connectivity index (χ0v) is 26.8. The van der Waals surface area contributed by atoms with E-state index in [0.29, 0.717) is 24.5 Å². The van der Waals surface area contributed by atoms with Gasteiger partial charge in [0.1, 0.15) is 0 Å². The van der Waals surface area contributed by atoms with Gasteiger partial charge in [-0.05, 0) is 80.3 Å². The summed E-state index contributed by atoms with van der Waals surface area (Å²) in [6.07, 6.45) is 6.27. The van der Waals surface area contributed by atoms with Crippen molar-refractivity contribution >= 4 is 23.2 Å². The number of hydrogen-bond acceptors (Lipinski definition) is 3. The van der Waals surface area contributed by atoms with Crippen LogP contribution in [0.1, 0.15) is 87.0 Å². The second kappa shape index (κ2) is 17.3. The molecule has 3 N–H and O–H groups in total. The van der Waals surface area contributed by atoms with Crippen molar-refractivity contribution in [3.63, 3.8) is 0 Å². The van der Waals surface area contributed by atoms with Crippen molar-refractivity contribution in [1.29, 1.82) is 0 Å². The van der Waals surface area contributed by atoms with E-state index >= 15 is 0 Å². The van der Waals surface area contributed by atoms with Gasteiger partial charge < -0.3 is 11.1 Å². The van der Waals surface area contributed by atoms with Gasteiger partial charge in [-0.15, -0.1) is 0 Å². The van der Waals surface area contributed by atoms with E-state index in [4.69, 9.17) is 5.73 Å². The Balaban J connectivity index is 0.00000330. The van der Waals surface area contributed by atoms with Gasteiger partial charge in [0.2, 0.25) is 0 Å². The Hall–Kier alpha value is -4.02. The van der Waals surface area contributed by atoms with E-state index in [9.17, 15) is 18.0 Å². The molecule has 3 rings (SSSR count). The van der Waals surface area contributed by atoms with Gasteiger partial charge in [-0.1, -0.05) is 89.5 Å². The Morgan fingerprint density at radius 1 is 1.14 bits per heavy atom. The molecular formula is C37H46F3N3O. The normalized spacial score (nSPS) is 16.3. The average molecular weight is 606 g/mol. The monoisotopic (exact) mass is 605 g/mol. The van der Waals surface area contributed by atoms with Crippen LogP contribution in [0.25, 0.3) is 11.6 Å². The summed E-state index contributed by atoms with van der Waals surface area (Å²) in [5.41, 5.74) is 9.06. The third kappa shape index (κ3) is 9.75. The largest absolute Gasteiger partial charge is 0.416 e. The fourth-order valence-electron chi connectivity index (χ4n) is 5.00. The van der Waals surface area contributed by atoms with Crippen molar-refractivity contribution < 1.29 is 18.0 Å². The number of halogens is 3. The zero-order chi connectivity index (χ0) is 32.9. The lowest BCUT2D eigenvalue weighted by Crippen LogP contribution is -2.27. The summed E-state index contributed by atoms with van der Waals surface area (Å²) in [6.45, 7) is 17.4. The molecule has 1 aliphatic rings. The highest BCUT2D eigenvalue weighted by Gasteiger charge is 2.34. The van der Waals surface area contributed by atoms with Crippen molar-refractivity contribution in [2.45, 2.75) is 67.1 Å². The predicted octanol–water partition coefficient (Wildman–Crippen LogP) is 9.12. The Kier molecular flexibility index (Phi) is 14.2. The molecule has 1 amide bonds. The summed E-state index contributed by atoms with van der Waals surface area (Å²) < 4.78 is 42.1. The number of carbonyl (C=O) groups is 1. The summed E-state index contributed by atoms with van der Waals surface area (Å²) in [4.78, 5) is 15.1. The van der Waals surface area contributed by atoms with Gasteiger partial charge in [0.15, 0.2) is 0 Å². The van der Waals surface area contributed by atoms with Crippen LogP contribution >= 0.6 is 0 Å². The fourth-order valence-corrected chi connectivity index (χ4v) is 5.00. The molecule has 0 bridgehead atoms. The van der Waals surface area contributed by atoms with Gasteiger partial charge in [0, 0.05) is 40.5 Å². The molecule has 0 saturated carbocycles. The van der Waals surface area contributed by atoms with Gasteiger partial charge in [-0.2, -0.15) is 13.2 Å². The van der Waals surface area contributed by atoms with Crippen molar-refractivity contribution in [1.82, 2.24) is 10.2 Å².